The minimum Gasteiger partial charge on any atom is -0.493 e. The second-order valence-electron chi connectivity index (χ2n) is 7.90. The number of nitrogens with zero attached hydrogens (tertiary/aromatic N) is 2. The van der Waals surface area contributed by atoms with Gasteiger partial charge in [0, 0.05) is 22.6 Å². The van der Waals surface area contributed by atoms with E-state index in [1.54, 1.807) is 49.4 Å². The van der Waals surface area contributed by atoms with Gasteiger partial charge in [-0.05, 0) is 79.7 Å². The van der Waals surface area contributed by atoms with E-state index >= 15 is 0 Å². The average Bonchev–Trinajstić information content (AvgIpc) is 3.28. The van der Waals surface area contributed by atoms with Gasteiger partial charge in [0.05, 0.1) is 25.7 Å². The highest BCUT2D eigenvalue weighted by atomic mass is 32.2. The van der Waals surface area contributed by atoms with Gasteiger partial charge < -0.3 is 14.0 Å². The molecule has 9 heteroatoms. The lowest BCUT2D eigenvalue weighted by molar-refractivity contribution is -0.122. The number of carbonyl (C=O) groups excluding carboxylic acids is 3. The third kappa shape index (κ3) is 4.72. The number of amides is 2. The Morgan fingerprint density at radius 2 is 1.69 bits per heavy atom. The first-order valence-electron chi connectivity index (χ1n) is 10.7. The molecule has 1 fully saturated rings. The Morgan fingerprint density at radius 1 is 1.00 bits per heavy atom. The maximum atomic E-state index is 13.3. The maximum Gasteiger partial charge on any atom is 0.293 e. The second-order valence-corrected chi connectivity index (χ2v) is 8.90. The number of hydrogen-bond donors (Lipinski definition) is 0. The Labute approximate surface area is 206 Å². The van der Waals surface area contributed by atoms with Crippen LogP contribution in [0.3, 0.4) is 0 Å². The molecule has 2 amide bonds. The summed E-state index contributed by atoms with van der Waals surface area (Å²) >= 11 is 0.782. The summed E-state index contributed by atoms with van der Waals surface area (Å²) in [5.41, 5.74) is 3.19. The Bertz CT molecular complexity index is 1360. The van der Waals surface area contributed by atoms with Crippen LogP contribution in [0.4, 0.5) is 9.18 Å². The van der Waals surface area contributed by atoms with Crippen molar-refractivity contribution in [2.45, 2.75) is 13.8 Å². The third-order valence-corrected chi connectivity index (χ3v) is 6.60. The molecule has 1 aliphatic heterocycles. The number of Topliss-reactive ketones (excluding diaryl/α,β-unsaturated/α-hetero) is 1. The van der Waals surface area contributed by atoms with Gasteiger partial charge >= 0.3 is 0 Å². The van der Waals surface area contributed by atoms with Gasteiger partial charge in [0.1, 0.15) is 5.82 Å². The van der Waals surface area contributed by atoms with Gasteiger partial charge in [0.2, 0.25) is 0 Å². The molecule has 0 spiro atoms. The van der Waals surface area contributed by atoms with Gasteiger partial charge in [-0.2, -0.15) is 0 Å². The van der Waals surface area contributed by atoms with Gasteiger partial charge in [-0.25, -0.2) is 4.39 Å². The topological polar surface area (TPSA) is 77.8 Å². The molecule has 0 unspecified atom stereocenters. The highest BCUT2D eigenvalue weighted by Gasteiger charge is 2.37. The molecule has 1 aromatic heterocycles. The van der Waals surface area contributed by atoms with Crippen molar-refractivity contribution in [2.24, 2.45) is 0 Å². The van der Waals surface area contributed by atoms with Crippen LogP contribution in [0.15, 0.2) is 53.4 Å². The number of benzene rings is 2. The fourth-order valence-electron chi connectivity index (χ4n) is 3.99. The Hall–Kier alpha value is -3.85. The average molecular weight is 495 g/mol. The third-order valence-electron chi connectivity index (χ3n) is 5.70. The number of hydrogen-bond acceptors (Lipinski definition) is 6. The maximum absolute atomic E-state index is 13.3. The molecule has 0 atom stereocenters. The summed E-state index contributed by atoms with van der Waals surface area (Å²) in [5.74, 6) is -0.210. The van der Waals surface area contributed by atoms with E-state index in [1.165, 1.54) is 26.4 Å². The molecule has 3 aromatic rings. The van der Waals surface area contributed by atoms with E-state index in [0.717, 1.165) is 22.4 Å². The van der Waals surface area contributed by atoms with Crippen molar-refractivity contribution in [1.82, 2.24) is 9.47 Å². The Kier molecular flexibility index (Phi) is 6.79. The Morgan fingerprint density at radius 3 is 2.34 bits per heavy atom. The van der Waals surface area contributed by atoms with Crippen LogP contribution >= 0.6 is 11.8 Å². The van der Waals surface area contributed by atoms with Crippen LogP contribution in [0.2, 0.25) is 0 Å². The van der Waals surface area contributed by atoms with Crippen molar-refractivity contribution in [3.63, 3.8) is 0 Å². The van der Waals surface area contributed by atoms with E-state index in [-0.39, 0.29) is 23.1 Å². The molecular formula is C26H23FN2O5S. The zero-order chi connectivity index (χ0) is 25.3. The molecule has 1 aliphatic rings. The standard InChI is InChI=1S/C26H23FN2O5S/c1-15-11-20(16(2)29(15)19-8-6-18(27)7-9-19)21(30)14-28-25(31)24(35-26(28)32)13-17-5-10-22(33-3)23(12-17)34-4/h5-13H,14H2,1-4H3/b24-13-. The largest absolute Gasteiger partial charge is 0.493 e. The number of imide groups is 1. The molecule has 0 N–H and O–H groups in total. The molecule has 1 saturated heterocycles. The summed E-state index contributed by atoms with van der Waals surface area (Å²) in [6, 6.07) is 12.8. The molecule has 35 heavy (non-hydrogen) atoms. The molecule has 0 radical (unpaired) electrons. The summed E-state index contributed by atoms with van der Waals surface area (Å²) in [6.45, 7) is 3.23. The van der Waals surface area contributed by atoms with Gasteiger partial charge in [0.15, 0.2) is 17.3 Å². The molecule has 0 aliphatic carbocycles. The fourth-order valence-corrected chi connectivity index (χ4v) is 4.83. The highest BCUT2D eigenvalue weighted by Crippen LogP contribution is 2.35. The first-order chi connectivity index (χ1) is 16.7. The van der Waals surface area contributed by atoms with Crippen molar-refractivity contribution < 1.29 is 28.2 Å². The minimum atomic E-state index is -0.532. The minimum absolute atomic E-state index is 0.215. The zero-order valence-corrected chi connectivity index (χ0v) is 20.4. The van der Waals surface area contributed by atoms with E-state index in [4.69, 9.17) is 9.47 Å². The normalized spacial score (nSPS) is 14.7. The molecule has 180 valence electrons. The zero-order valence-electron chi connectivity index (χ0n) is 19.6. The molecule has 7 nitrogen and oxygen atoms in total. The fraction of sp³-hybridized carbons (Fsp3) is 0.192. The van der Waals surface area contributed by atoms with Crippen LogP contribution in [0.1, 0.15) is 27.3 Å². The summed E-state index contributed by atoms with van der Waals surface area (Å²) in [4.78, 5) is 39.8. The second kappa shape index (κ2) is 9.79. The first-order valence-corrected chi connectivity index (χ1v) is 11.5. The predicted molar refractivity (Wildman–Crippen MR) is 132 cm³/mol. The number of aromatic nitrogens is 1. The lowest BCUT2D eigenvalue weighted by Crippen LogP contribution is -2.33. The van der Waals surface area contributed by atoms with Crippen molar-refractivity contribution in [3.8, 4) is 17.2 Å². The van der Waals surface area contributed by atoms with Crippen LogP contribution < -0.4 is 9.47 Å². The number of methoxy groups -OCH3 is 2. The van der Waals surface area contributed by atoms with Crippen LogP contribution in [0, 0.1) is 19.7 Å². The number of ketones is 1. The predicted octanol–water partition coefficient (Wildman–Crippen LogP) is 5.17. The smallest absolute Gasteiger partial charge is 0.293 e. The molecule has 4 rings (SSSR count). The van der Waals surface area contributed by atoms with E-state index in [1.807, 2.05) is 11.5 Å². The summed E-state index contributed by atoms with van der Waals surface area (Å²) in [7, 11) is 3.03. The number of halogens is 1. The van der Waals surface area contributed by atoms with E-state index in [0.29, 0.717) is 34.0 Å². The molecular weight excluding hydrogens is 471 g/mol. The monoisotopic (exact) mass is 494 g/mol. The van der Waals surface area contributed by atoms with Crippen LogP contribution in [0.5, 0.6) is 11.5 Å². The Balaban J connectivity index is 1.55. The summed E-state index contributed by atoms with van der Waals surface area (Å²) < 4.78 is 25.7. The van der Waals surface area contributed by atoms with Crippen molar-refractivity contribution in [3.05, 3.63) is 81.8 Å². The highest BCUT2D eigenvalue weighted by molar-refractivity contribution is 8.18. The lowest BCUT2D eigenvalue weighted by atomic mass is 10.1. The molecule has 0 saturated carbocycles. The van der Waals surface area contributed by atoms with Crippen LogP contribution in [-0.2, 0) is 4.79 Å². The molecule has 2 aromatic carbocycles. The number of ether oxygens (including phenoxy) is 2. The van der Waals surface area contributed by atoms with Crippen molar-refractivity contribution in [2.75, 3.05) is 20.8 Å². The number of carbonyl (C=O) groups is 3. The van der Waals surface area contributed by atoms with E-state index < -0.39 is 11.1 Å². The summed E-state index contributed by atoms with van der Waals surface area (Å²) in [5, 5.41) is -0.512. The van der Waals surface area contributed by atoms with Crippen molar-refractivity contribution >= 4 is 34.8 Å². The van der Waals surface area contributed by atoms with Gasteiger partial charge in [-0.1, -0.05) is 6.07 Å². The number of rotatable bonds is 7. The number of thioether (sulfide) groups is 1. The van der Waals surface area contributed by atoms with Gasteiger partial charge in [-0.15, -0.1) is 0 Å². The van der Waals surface area contributed by atoms with Crippen LogP contribution in [-0.4, -0.2) is 47.2 Å². The summed E-state index contributed by atoms with van der Waals surface area (Å²) in [6.07, 6.45) is 1.58. The molecule has 0 bridgehead atoms. The van der Waals surface area contributed by atoms with Gasteiger partial charge in [-0.3, -0.25) is 19.3 Å². The van der Waals surface area contributed by atoms with E-state index in [9.17, 15) is 18.8 Å². The quantitative estimate of drug-likeness (QED) is 0.333. The first kappa shape index (κ1) is 24.3. The molecule has 2 heterocycles. The van der Waals surface area contributed by atoms with E-state index in [2.05, 4.69) is 0 Å². The van der Waals surface area contributed by atoms with Gasteiger partial charge in [0.25, 0.3) is 11.1 Å². The van der Waals surface area contributed by atoms with Crippen molar-refractivity contribution in [1.29, 1.82) is 0 Å². The van der Waals surface area contributed by atoms with Crippen LogP contribution in [0.25, 0.3) is 11.8 Å². The SMILES string of the molecule is COc1ccc(/C=C2\SC(=O)N(CC(=O)c3cc(C)n(-c4ccc(F)cc4)c3C)C2=O)cc1OC. The number of aryl methyl sites for hydroxylation is 1. The lowest BCUT2D eigenvalue weighted by Gasteiger charge is -2.12.